The Morgan fingerprint density at radius 3 is 2.76 bits per heavy atom. The number of hydrogen-bond acceptors (Lipinski definition) is 4. The molecule has 1 atom stereocenters. The van der Waals surface area contributed by atoms with Crippen LogP contribution in [0.1, 0.15) is 36.5 Å². The minimum absolute atomic E-state index is 0.111. The SMILES string of the molecule is CC(N)C1CCN(C(=O)CCNC(=O)c2ccsc2)CC1. The lowest BCUT2D eigenvalue weighted by atomic mass is 9.91. The molecule has 0 radical (unpaired) electrons. The number of amides is 2. The summed E-state index contributed by atoms with van der Waals surface area (Å²) >= 11 is 1.49. The van der Waals surface area contributed by atoms with Crippen LogP contribution in [0.3, 0.4) is 0 Å². The standard InChI is InChI=1S/C15H23N3O2S/c1-11(16)12-3-7-18(8-4-12)14(19)2-6-17-15(20)13-5-9-21-10-13/h5,9-12H,2-4,6-8,16H2,1H3,(H,17,20). The van der Waals surface area contributed by atoms with Gasteiger partial charge in [0.05, 0.1) is 0 Å². The highest BCUT2D eigenvalue weighted by Gasteiger charge is 2.24. The lowest BCUT2D eigenvalue weighted by Crippen LogP contribution is -2.43. The number of rotatable bonds is 5. The highest BCUT2D eigenvalue weighted by molar-refractivity contribution is 7.08. The maximum atomic E-state index is 12.1. The molecule has 3 N–H and O–H groups in total. The highest BCUT2D eigenvalue weighted by Crippen LogP contribution is 2.19. The number of nitrogens with one attached hydrogen (secondary N) is 1. The van der Waals surface area contributed by atoms with Gasteiger partial charge >= 0.3 is 0 Å². The second kappa shape index (κ2) is 7.56. The van der Waals surface area contributed by atoms with E-state index in [0.717, 1.165) is 25.9 Å². The molecule has 1 saturated heterocycles. The topological polar surface area (TPSA) is 75.4 Å². The molecular weight excluding hydrogens is 286 g/mol. The number of thiophene rings is 1. The van der Waals surface area contributed by atoms with Crippen LogP contribution < -0.4 is 11.1 Å². The molecule has 1 aromatic heterocycles. The van der Waals surface area contributed by atoms with Gasteiger partial charge in [0.15, 0.2) is 0 Å². The van der Waals surface area contributed by atoms with Crippen LogP contribution in [-0.4, -0.2) is 42.4 Å². The molecule has 0 spiro atoms. The first-order chi connectivity index (χ1) is 10.1. The fourth-order valence-electron chi connectivity index (χ4n) is 2.61. The van der Waals surface area contributed by atoms with Gasteiger partial charge in [-0.25, -0.2) is 0 Å². The normalized spacial score (nSPS) is 17.5. The number of carbonyl (C=O) groups is 2. The van der Waals surface area contributed by atoms with E-state index in [4.69, 9.17) is 5.73 Å². The van der Waals surface area contributed by atoms with E-state index in [0.29, 0.717) is 24.4 Å². The maximum absolute atomic E-state index is 12.1. The van der Waals surface area contributed by atoms with Crippen LogP contribution in [0.4, 0.5) is 0 Å². The van der Waals surface area contributed by atoms with Crippen LogP contribution in [0.25, 0.3) is 0 Å². The summed E-state index contributed by atoms with van der Waals surface area (Å²) < 4.78 is 0. The van der Waals surface area contributed by atoms with Gasteiger partial charge in [-0.05, 0) is 37.1 Å². The first-order valence-electron chi connectivity index (χ1n) is 7.41. The van der Waals surface area contributed by atoms with Gasteiger partial charge in [-0.15, -0.1) is 0 Å². The van der Waals surface area contributed by atoms with E-state index in [1.807, 2.05) is 17.2 Å². The van der Waals surface area contributed by atoms with Crippen molar-refractivity contribution in [1.29, 1.82) is 0 Å². The zero-order valence-corrected chi connectivity index (χ0v) is 13.2. The quantitative estimate of drug-likeness (QED) is 0.864. The van der Waals surface area contributed by atoms with Gasteiger partial charge in [-0.2, -0.15) is 11.3 Å². The zero-order valence-electron chi connectivity index (χ0n) is 12.4. The van der Waals surface area contributed by atoms with Crippen molar-refractivity contribution >= 4 is 23.2 Å². The molecule has 2 rings (SSSR count). The molecule has 1 aliphatic rings. The van der Waals surface area contributed by atoms with E-state index in [9.17, 15) is 9.59 Å². The summed E-state index contributed by atoms with van der Waals surface area (Å²) in [6, 6.07) is 1.98. The second-order valence-corrected chi connectivity index (χ2v) is 6.38. The summed E-state index contributed by atoms with van der Waals surface area (Å²) in [6.07, 6.45) is 2.31. The second-order valence-electron chi connectivity index (χ2n) is 5.60. The molecule has 2 heterocycles. The Morgan fingerprint density at radius 1 is 1.48 bits per heavy atom. The van der Waals surface area contributed by atoms with Gasteiger partial charge in [-0.1, -0.05) is 0 Å². The third-order valence-corrected chi connectivity index (χ3v) is 4.73. The van der Waals surface area contributed by atoms with Crippen molar-refractivity contribution in [2.45, 2.75) is 32.2 Å². The van der Waals surface area contributed by atoms with Crippen molar-refractivity contribution in [2.24, 2.45) is 11.7 Å². The van der Waals surface area contributed by atoms with Crippen molar-refractivity contribution in [3.05, 3.63) is 22.4 Å². The minimum Gasteiger partial charge on any atom is -0.351 e. The highest BCUT2D eigenvalue weighted by atomic mass is 32.1. The molecule has 5 nitrogen and oxygen atoms in total. The van der Waals surface area contributed by atoms with Crippen LogP contribution in [0.15, 0.2) is 16.8 Å². The molecule has 116 valence electrons. The predicted molar refractivity (Wildman–Crippen MR) is 84.2 cm³/mol. The fraction of sp³-hybridized carbons (Fsp3) is 0.600. The molecule has 2 amide bonds. The molecule has 0 aliphatic carbocycles. The van der Waals surface area contributed by atoms with E-state index in [-0.39, 0.29) is 17.9 Å². The summed E-state index contributed by atoms with van der Waals surface area (Å²) in [6.45, 7) is 3.98. The van der Waals surface area contributed by atoms with Crippen molar-refractivity contribution in [3.8, 4) is 0 Å². The third kappa shape index (κ3) is 4.54. The molecule has 0 saturated carbocycles. The number of piperidine rings is 1. The van der Waals surface area contributed by atoms with E-state index in [2.05, 4.69) is 5.32 Å². The zero-order chi connectivity index (χ0) is 15.2. The van der Waals surface area contributed by atoms with Crippen LogP contribution in [0.5, 0.6) is 0 Å². The van der Waals surface area contributed by atoms with Gasteiger partial charge in [0.1, 0.15) is 0 Å². The van der Waals surface area contributed by atoms with Gasteiger partial charge < -0.3 is 16.0 Å². The lowest BCUT2D eigenvalue weighted by Gasteiger charge is -2.33. The molecule has 0 bridgehead atoms. The number of nitrogens with two attached hydrogens (primary N) is 1. The smallest absolute Gasteiger partial charge is 0.252 e. The molecule has 1 fully saturated rings. The molecule has 1 unspecified atom stereocenters. The molecule has 1 aliphatic heterocycles. The van der Waals surface area contributed by atoms with Crippen molar-refractivity contribution in [3.63, 3.8) is 0 Å². The van der Waals surface area contributed by atoms with Gasteiger partial charge in [-0.3, -0.25) is 9.59 Å². The number of likely N-dealkylation sites (tertiary alicyclic amines) is 1. The van der Waals surface area contributed by atoms with Gasteiger partial charge in [0.2, 0.25) is 5.91 Å². The average Bonchev–Trinajstić information content (AvgIpc) is 3.01. The minimum atomic E-state index is -0.111. The number of nitrogens with zero attached hydrogens (tertiary/aromatic N) is 1. The summed E-state index contributed by atoms with van der Waals surface area (Å²) in [5, 5.41) is 6.45. The Hall–Kier alpha value is -1.40. The van der Waals surface area contributed by atoms with Crippen LogP contribution in [0, 0.1) is 5.92 Å². The van der Waals surface area contributed by atoms with E-state index < -0.39 is 0 Å². The largest absolute Gasteiger partial charge is 0.351 e. The number of carbonyl (C=O) groups excluding carboxylic acids is 2. The third-order valence-electron chi connectivity index (χ3n) is 4.04. The summed E-state index contributed by atoms with van der Waals surface area (Å²) in [4.78, 5) is 25.7. The monoisotopic (exact) mass is 309 g/mol. The Labute approximate surface area is 129 Å². The summed E-state index contributed by atoms with van der Waals surface area (Å²) in [5.41, 5.74) is 6.56. The molecule has 0 aromatic carbocycles. The van der Waals surface area contributed by atoms with Gasteiger partial charge in [0, 0.05) is 43.0 Å². The van der Waals surface area contributed by atoms with E-state index in [1.165, 1.54) is 11.3 Å². The average molecular weight is 309 g/mol. The molecule has 6 heteroatoms. The first kappa shape index (κ1) is 16.0. The van der Waals surface area contributed by atoms with Crippen LogP contribution >= 0.6 is 11.3 Å². The maximum Gasteiger partial charge on any atom is 0.252 e. The Bertz CT molecular complexity index is 465. The van der Waals surface area contributed by atoms with Crippen LogP contribution in [0.2, 0.25) is 0 Å². The lowest BCUT2D eigenvalue weighted by molar-refractivity contribution is -0.132. The fourth-order valence-corrected chi connectivity index (χ4v) is 3.25. The Kier molecular flexibility index (Phi) is 5.76. The number of hydrogen-bond donors (Lipinski definition) is 2. The van der Waals surface area contributed by atoms with E-state index >= 15 is 0 Å². The molecule has 1 aromatic rings. The van der Waals surface area contributed by atoms with Gasteiger partial charge in [0.25, 0.3) is 5.91 Å². The van der Waals surface area contributed by atoms with E-state index in [1.54, 1.807) is 11.4 Å². The Balaban J connectivity index is 1.67. The summed E-state index contributed by atoms with van der Waals surface area (Å²) in [5.74, 6) is 0.524. The summed E-state index contributed by atoms with van der Waals surface area (Å²) in [7, 11) is 0. The van der Waals surface area contributed by atoms with Crippen LogP contribution in [-0.2, 0) is 4.79 Å². The first-order valence-corrected chi connectivity index (χ1v) is 8.36. The molecular formula is C15H23N3O2S. The van der Waals surface area contributed by atoms with Crippen molar-refractivity contribution in [1.82, 2.24) is 10.2 Å². The van der Waals surface area contributed by atoms with Crippen molar-refractivity contribution in [2.75, 3.05) is 19.6 Å². The van der Waals surface area contributed by atoms with Crippen molar-refractivity contribution < 1.29 is 9.59 Å². The Morgan fingerprint density at radius 2 is 2.19 bits per heavy atom. The molecule has 21 heavy (non-hydrogen) atoms. The predicted octanol–water partition coefficient (Wildman–Crippen LogP) is 1.45.